The van der Waals surface area contributed by atoms with Crippen molar-refractivity contribution in [3.05, 3.63) is 23.8 Å². The van der Waals surface area contributed by atoms with Gasteiger partial charge in [-0.3, -0.25) is 19.3 Å². The van der Waals surface area contributed by atoms with Gasteiger partial charge in [0.05, 0.1) is 18.2 Å². The standard InChI is InChI=1S/C16H16N2O5/c1-16(2)15(22)18(8-7-17)11-9-10(3-5-13(11)23-16)12(19)4-6-14(20)21/h3,5,9H,4,6,8H2,1-2H3,(H,20,21). The number of hydrogen-bond donors (Lipinski definition) is 1. The van der Waals surface area contributed by atoms with Gasteiger partial charge >= 0.3 is 5.97 Å². The molecule has 0 bridgehead atoms. The lowest BCUT2D eigenvalue weighted by Gasteiger charge is -2.37. The Morgan fingerprint density at radius 2 is 2.04 bits per heavy atom. The van der Waals surface area contributed by atoms with E-state index in [1.807, 2.05) is 6.07 Å². The lowest BCUT2D eigenvalue weighted by Crippen LogP contribution is -2.52. The molecule has 120 valence electrons. The fourth-order valence-corrected chi connectivity index (χ4v) is 2.33. The topological polar surface area (TPSA) is 108 Å². The molecule has 0 saturated heterocycles. The number of fused-ring (bicyclic) bond motifs is 1. The van der Waals surface area contributed by atoms with E-state index in [-0.39, 0.29) is 36.6 Å². The van der Waals surface area contributed by atoms with Crippen molar-refractivity contribution < 1.29 is 24.2 Å². The summed E-state index contributed by atoms with van der Waals surface area (Å²) < 4.78 is 5.64. The molecule has 0 radical (unpaired) electrons. The number of ether oxygens (including phenoxy) is 1. The number of carbonyl (C=O) groups is 3. The molecule has 2 rings (SSSR count). The average Bonchev–Trinajstić information content (AvgIpc) is 2.49. The molecule has 0 aliphatic carbocycles. The number of Topliss-reactive ketones (excluding diaryl/α,β-unsaturated/α-hetero) is 1. The maximum atomic E-state index is 12.4. The van der Waals surface area contributed by atoms with Gasteiger partial charge in [-0.25, -0.2) is 0 Å². The fraction of sp³-hybridized carbons (Fsp3) is 0.375. The third-order valence-corrected chi connectivity index (χ3v) is 3.49. The number of aliphatic carboxylic acids is 1. The van der Waals surface area contributed by atoms with Crippen molar-refractivity contribution in [3.8, 4) is 11.8 Å². The molecule has 1 aromatic carbocycles. The number of nitrogens with zero attached hydrogens (tertiary/aromatic N) is 2. The van der Waals surface area contributed by atoms with E-state index in [9.17, 15) is 14.4 Å². The van der Waals surface area contributed by atoms with E-state index in [4.69, 9.17) is 15.1 Å². The van der Waals surface area contributed by atoms with Crippen LogP contribution in [0.25, 0.3) is 0 Å². The van der Waals surface area contributed by atoms with Gasteiger partial charge < -0.3 is 9.84 Å². The summed E-state index contributed by atoms with van der Waals surface area (Å²) in [6.45, 7) is 3.05. The number of carboxylic acids is 1. The van der Waals surface area contributed by atoms with Gasteiger partial charge in [0.15, 0.2) is 11.4 Å². The van der Waals surface area contributed by atoms with Crippen molar-refractivity contribution in [2.75, 3.05) is 11.4 Å². The van der Waals surface area contributed by atoms with Gasteiger partial charge in [-0.2, -0.15) is 5.26 Å². The first-order chi connectivity index (χ1) is 10.8. The van der Waals surface area contributed by atoms with Crippen LogP contribution in [0.3, 0.4) is 0 Å². The minimum absolute atomic E-state index is 0.132. The molecule has 0 saturated carbocycles. The molecule has 1 aliphatic heterocycles. The minimum Gasteiger partial charge on any atom is -0.481 e. The summed E-state index contributed by atoms with van der Waals surface area (Å²) in [5, 5.41) is 17.6. The van der Waals surface area contributed by atoms with Gasteiger partial charge in [-0.15, -0.1) is 0 Å². The van der Waals surface area contributed by atoms with Gasteiger partial charge in [-0.1, -0.05) is 0 Å². The average molecular weight is 316 g/mol. The Balaban J connectivity index is 2.38. The van der Waals surface area contributed by atoms with Crippen LogP contribution in [0.5, 0.6) is 5.75 Å². The predicted molar refractivity (Wildman–Crippen MR) is 80.3 cm³/mol. The quantitative estimate of drug-likeness (QED) is 0.655. The molecule has 1 heterocycles. The van der Waals surface area contributed by atoms with E-state index in [1.54, 1.807) is 19.9 Å². The van der Waals surface area contributed by atoms with Crippen molar-refractivity contribution in [3.63, 3.8) is 0 Å². The van der Waals surface area contributed by atoms with Crippen molar-refractivity contribution in [1.82, 2.24) is 0 Å². The number of ketones is 1. The van der Waals surface area contributed by atoms with Crippen LogP contribution < -0.4 is 9.64 Å². The maximum absolute atomic E-state index is 12.4. The second-order valence-corrected chi connectivity index (χ2v) is 5.66. The summed E-state index contributed by atoms with van der Waals surface area (Å²) in [6, 6.07) is 6.47. The highest BCUT2D eigenvalue weighted by atomic mass is 16.5. The maximum Gasteiger partial charge on any atom is 0.303 e. The Bertz CT molecular complexity index is 718. The Kier molecular flexibility index (Phi) is 4.36. The van der Waals surface area contributed by atoms with Crippen LogP contribution >= 0.6 is 0 Å². The lowest BCUT2D eigenvalue weighted by atomic mass is 10.0. The van der Waals surface area contributed by atoms with E-state index in [2.05, 4.69) is 0 Å². The summed E-state index contributed by atoms with van der Waals surface area (Å²) in [4.78, 5) is 36.2. The summed E-state index contributed by atoms with van der Waals surface area (Å²) in [6.07, 6.45) is -0.396. The van der Waals surface area contributed by atoms with Gasteiger partial charge in [0.1, 0.15) is 12.3 Å². The summed E-state index contributed by atoms with van der Waals surface area (Å²) in [5.41, 5.74) is -0.473. The number of anilines is 1. The van der Waals surface area contributed by atoms with Crippen molar-refractivity contribution in [1.29, 1.82) is 5.26 Å². The number of carboxylic acid groups (broad SMARTS) is 1. The second kappa shape index (κ2) is 6.08. The summed E-state index contributed by atoms with van der Waals surface area (Å²) in [5.74, 6) is -1.37. The number of benzene rings is 1. The number of nitriles is 1. The molecule has 0 fully saturated rings. The molecule has 0 spiro atoms. The zero-order valence-corrected chi connectivity index (χ0v) is 12.8. The largest absolute Gasteiger partial charge is 0.481 e. The molecule has 0 atom stereocenters. The van der Waals surface area contributed by atoms with Gasteiger partial charge in [0.25, 0.3) is 5.91 Å². The Morgan fingerprint density at radius 1 is 1.35 bits per heavy atom. The van der Waals surface area contributed by atoms with E-state index >= 15 is 0 Å². The van der Waals surface area contributed by atoms with Crippen LogP contribution in [0.2, 0.25) is 0 Å². The van der Waals surface area contributed by atoms with Crippen molar-refractivity contribution >= 4 is 23.3 Å². The molecular weight excluding hydrogens is 300 g/mol. The lowest BCUT2D eigenvalue weighted by molar-refractivity contribution is -0.137. The van der Waals surface area contributed by atoms with Gasteiger partial charge in [0, 0.05) is 12.0 Å². The van der Waals surface area contributed by atoms with E-state index in [1.165, 1.54) is 17.0 Å². The molecule has 7 heteroatoms. The summed E-state index contributed by atoms with van der Waals surface area (Å²) >= 11 is 0. The zero-order chi connectivity index (χ0) is 17.2. The van der Waals surface area contributed by atoms with E-state index in [0.29, 0.717) is 11.4 Å². The van der Waals surface area contributed by atoms with E-state index in [0.717, 1.165) is 0 Å². The van der Waals surface area contributed by atoms with E-state index < -0.39 is 11.6 Å². The molecule has 1 aliphatic rings. The number of rotatable bonds is 5. The molecule has 7 nitrogen and oxygen atoms in total. The molecule has 1 N–H and O–H groups in total. The molecule has 1 amide bonds. The molecule has 0 aromatic heterocycles. The third-order valence-electron chi connectivity index (χ3n) is 3.49. The van der Waals surface area contributed by atoms with Crippen LogP contribution in [-0.4, -0.2) is 34.9 Å². The molecular formula is C16H16N2O5. The Labute approximate surface area is 133 Å². The first-order valence-corrected chi connectivity index (χ1v) is 7.03. The summed E-state index contributed by atoms with van der Waals surface area (Å²) in [7, 11) is 0. The second-order valence-electron chi connectivity index (χ2n) is 5.66. The normalized spacial score (nSPS) is 15.3. The first kappa shape index (κ1) is 16.5. The van der Waals surface area contributed by atoms with Crippen molar-refractivity contribution in [2.24, 2.45) is 0 Å². The highest BCUT2D eigenvalue weighted by Crippen LogP contribution is 2.38. The van der Waals surface area contributed by atoms with Gasteiger partial charge in [0.2, 0.25) is 0 Å². The SMILES string of the molecule is CC1(C)Oc2ccc(C(=O)CCC(=O)O)cc2N(CC#N)C1=O. The van der Waals surface area contributed by atoms with Crippen LogP contribution in [0.4, 0.5) is 5.69 Å². The molecule has 23 heavy (non-hydrogen) atoms. The van der Waals surface area contributed by atoms with Gasteiger partial charge in [-0.05, 0) is 32.0 Å². The fourth-order valence-electron chi connectivity index (χ4n) is 2.33. The molecule has 1 aromatic rings. The van der Waals surface area contributed by atoms with Crippen molar-refractivity contribution in [2.45, 2.75) is 32.3 Å². The van der Waals surface area contributed by atoms with Crippen LogP contribution in [0.15, 0.2) is 18.2 Å². The predicted octanol–water partition coefficient (Wildman–Crippen LogP) is 1.76. The molecule has 0 unspecified atom stereocenters. The Hall–Kier alpha value is -2.88. The monoisotopic (exact) mass is 316 g/mol. The Morgan fingerprint density at radius 3 is 2.65 bits per heavy atom. The third kappa shape index (κ3) is 3.31. The number of carbonyl (C=O) groups excluding carboxylic acids is 2. The van der Waals surface area contributed by atoms with Crippen LogP contribution in [0, 0.1) is 11.3 Å². The van der Waals surface area contributed by atoms with Crippen LogP contribution in [-0.2, 0) is 9.59 Å². The number of hydrogen-bond acceptors (Lipinski definition) is 5. The first-order valence-electron chi connectivity index (χ1n) is 7.03. The highest BCUT2D eigenvalue weighted by molar-refractivity contribution is 6.05. The minimum atomic E-state index is -1.10. The zero-order valence-electron chi connectivity index (χ0n) is 12.8. The number of amides is 1. The highest BCUT2D eigenvalue weighted by Gasteiger charge is 2.41. The van der Waals surface area contributed by atoms with Crippen LogP contribution in [0.1, 0.15) is 37.0 Å². The smallest absolute Gasteiger partial charge is 0.303 e.